The number of nitrogens with one attached hydrogen (secondary N) is 1. The zero-order chi connectivity index (χ0) is 14.1. The highest BCUT2D eigenvalue weighted by molar-refractivity contribution is 5.53. The Labute approximate surface area is 115 Å². The second-order valence-electron chi connectivity index (χ2n) is 4.59. The summed E-state index contributed by atoms with van der Waals surface area (Å²) in [4.78, 5) is 11.9. The van der Waals surface area contributed by atoms with E-state index in [1.54, 1.807) is 6.07 Å². The van der Waals surface area contributed by atoms with Crippen molar-refractivity contribution in [3.63, 3.8) is 0 Å². The number of ether oxygens (including phenoxy) is 2. The Morgan fingerprint density at radius 2 is 2.40 bits per heavy atom. The van der Waals surface area contributed by atoms with Gasteiger partial charge in [-0.25, -0.2) is 4.79 Å². The molecule has 1 aliphatic heterocycles. The topological polar surface area (TPSA) is 78.5 Å². The van der Waals surface area contributed by atoms with Gasteiger partial charge in [0, 0.05) is 19.1 Å². The molecule has 2 heterocycles. The maximum Gasteiger partial charge on any atom is 0.443 e. The van der Waals surface area contributed by atoms with Crippen molar-refractivity contribution in [1.82, 2.24) is 9.78 Å². The number of nitrogens with zero attached hydrogens (tertiary/aromatic N) is 2. The molecule has 1 aromatic carbocycles. The van der Waals surface area contributed by atoms with Crippen molar-refractivity contribution in [1.29, 1.82) is 0 Å². The van der Waals surface area contributed by atoms with E-state index in [4.69, 9.17) is 13.9 Å². The highest BCUT2D eigenvalue weighted by atomic mass is 16.5. The van der Waals surface area contributed by atoms with Gasteiger partial charge in [0.15, 0.2) is 0 Å². The summed E-state index contributed by atoms with van der Waals surface area (Å²) in [5.41, 5.74) is 1.65. The Bertz CT molecular complexity index is 676. The van der Waals surface area contributed by atoms with Crippen molar-refractivity contribution in [3.8, 4) is 11.4 Å². The predicted molar refractivity (Wildman–Crippen MR) is 71.4 cm³/mol. The van der Waals surface area contributed by atoms with Crippen LogP contribution in [0.2, 0.25) is 0 Å². The molecule has 0 radical (unpaired) electrons. The lowest BCUT2D eigenvalue weighted by Crippen LogP contribution is -2.15. The minimum absolute atomic E-state index is 0.0971. The van der Waals surface area contributed by atoms with Gasteiger partial charge in [0.25, 0.3) is 0 Å². The van der Waals surface area contributed by atoms with Crippen LogP contribution in [0, 0.1) is 0 Å². The molecule has 1 aromatic heterocycles. The molecular weight excluding hydrogens is 262 g/mol. The van der Waals surface area contributed by atoms with E-state index in [1.807, 2.05) is 19.1 Å². The Kier molecular flexibility index (Phi) is 3.19. The fourth-order valence-electron chi connectivity index (χ4n) is 2.22. The minimum Gasteiger partial charge on any atom is -0.488 e. The van der Waals surface area contributed by atoms with Crippen molar-refractivity contribution >= 4 is 6.01 Å². The van der Waals surface area contributed by atoms with Crippen LogP contribution in [0.5, 0.6) is 5.75 Å². The third-order valence-corrected chi connectivity index (χ3v) is 3.05. The highest BCUT2D eigenvalue weighted by Gasteiger charge is 2.24. The van der Waals surface area contributed by atoms with Gasteiger partial charge >= 0.3 is 11.8 Å². The third-order valence-electron chi connectivity index (χ3n) is 3.05. The van der Waals surface area contributed by atoms with Crippen LogP contribution in [0.1, 0.15) is 12.5 Å². The average molecular weight is 277 g/mol. The molecule has 2 aromatic rings. The summed E-state index contributed by atoms with van der Waals surface area (Å²) in [7, 11) is 1.53. The average Bonchev–Trinajstić information content (AvgIpc) is 2.98. The molecule has 20 heavy (non-hydrogen) atoms. The molecule has 0 saturated carbocycles. The van der Waals surface area contributed by atoms with Gasteiger partial charge in [-0.05, 0) is 13.0 Å². The van der Waals surface area contributed by atoms with Crippen LogP contribution in [0.3, 0.4) is 0 Å². The summed E-state index contributed by atoms with van der Waals surface area (Å²) in [6, 6.07) is 5.75. The summed E-state index contributed by atoms with van der Waals surface area (Å²) >= 11 is 0. The molecule has 7 heteroatoms. The fraction of sp³-hybridized carbons (Fsp3) is 0.385. The van der Waals surface area contributed by atoms with Crippen LogP contribution in [0.25, 0.3) is 5.69 Å². The number of para-hydroxylation sites is 1. The number of methoxy groups -OCH3 is 1. The molecule has 7 nitrogen and oxygen atoms in total. The number of hydrogen-bond acceptors (Lipinski definition) is 6. The number of aromatic nitrogens is 2. The van der Waals surface area contributed by atoms with Gasteiger partial charge in [-0.1, -0.05) is 12.1 Å². The lowest BCUT2D eigenvalue weighted by Gasteiger charge is -2.07. The highest BCUT2D eigenvalue weighted by Crippen LogP contribution is 2.34. The maximum absolute atomic E-state index is 11.9. The summed E-state index contributed by atoms with van der Waals surface area (Å²) in [6.45, 7) is 2.20. The van der Waals surface area contributed by atoms with Gasteiger partial charge in [-0.3, -0.25) is 0 Å². The Balaban J connectivity index is 2.00. The first-order valence-corrected chi connectivity index (χ1v) is 6.31. The van der Waals surface area contributed by atoms with Crippen LogP contribution in [0.4, 0.5) is 6.01 Å². The van der Waals surface area contributed by atoms with E-state index < -0.39 is 5.76 Å². The monoisotopic (exact) mass is 277 g/mol. The number of anilines is 1. The molecule has 1 aliphatic rings. The first-order valence-electron chi connectivity index (χ1n) is 6.31. The summed E-state index contributed by atoms with van der Waals surface area (Å²) in [5.74, 6) is 0.119. The van der Waals surface area contributed by atoms with Gasteiger partial charge in [-0.2, -0.15) is 4.68 Å². The lowest BCUT2D eigenvalue weighted by atomic mass is 10.1. The van der Waals surface area contributed by atoms with Crippen LogP contribution in [0.15, 0.2) is 27.4 Å². The van der Waals surface area contributed by atoms with Crippen molar-refractivity contribution in [2.24, 2.45) is 0 Å². The molecular formula is C13H15N3O4. The zero-order valence-electron chi connectivity index (χ0n) is 11.3. The molecule has 0 amide bonds. The van der Waals surface area contributed by atoms with Crippen LogP contribution >= 0.6 is 0 Å². The number of rotatable bonds is 4. The summed E-state index contributed by atoms with van der Waals surface area (Å²) in [5, 5.41) is 6.83. The van der Waals surface area contributed by atoms with Crippen molar-refractivity contribution < 1.29 is 13.9 Å². The number of hydrogen-bond donors (Lipinski definition) is 1. The van der Waals surface area contributed by atoms with E-state index in [-0.39, 0.29) is 18.8 Å². The smallest absolute Gasteiger partial charge is 0.443 e. The molecule has 0 aliphatic carbocycles. The lowest BCUT2D eigenvalue weighted by molar-refractivity contribution is 0.218. The standard InChI is InChI=1S/C13H15N3O4/c1-8-6-9-4-3-5-10(11(9)19-8)16-13(17)20-12(15-16)14-7-18-2/h3-5,8H,6-7H2,1-2H3,(H,14,15). The van der Waals surface area contributed by atoms with E-state index in [9.17, 15) is 4.79 Å². The van der Waals surface area contributed by atoms with Gasteiger partial charge in [-0.15, -0.1) is 5.10 Å². The molecule has 0 spiro atoms. The molecule has 0 saturated heterocycles. The van der Waals surface area contributed by atoms with Gasteiger partial charge in [0.2, 0.25) is 0 Å². The SMILES string of the molecule is COCNc1nn(-c2cccc3c2OC(C)C3)c(=O)o1. The van der Waals surface area contributed by atoms with Crippen molar-refractivity contribution in [2.45, 2.75) is 19.4 Å². The van der Waals surface area contributed by atoms with Crippen molar-refractivity contribution in [3.05, 3.63) is 34.3 Å². The third kappa shape index (κ3) is 2.16. The Morgan fingerprint density at radius 1 is 1.55 bits per heavy atom. The molecule has 0 bridgehead atoms. The van der Waals surface area contributed by atoms with Crippen molar-refractivity contribution in [2.75, 3.05) is 19.2 Å². The van der Waals surface area contributed by atoms with E-state index in [2.05, 4.69) is 10.4 Å². The molecule has 0 fully saturated rings. The number of benzene rings is 1. The predicted octanol–water partition coefficient (Wildman–Crippen LogP) is 1.16. The van der Waals surface area contributed by atoms with Crippen LogP contribution < -0.4 is 15.8 Å². The normalized spacial score (nSPS) is 16.8. The Morgan fingerprint density at radius 3 is 3.20 bits per heavy atom. The fourth-order valence-corrected chi connectivity index (χ4v) is 2.22. The molecule has 1 N–H and O–H groups in total. The largest absolute Gasteiger partial charge is 0.488 e. The van der Waals surface area contributed by atoms with Gasteiger partial charge in [0.1, 0.15) is 24.3 Å². The first kappa shape index (κ1) is 12.7. The Hall–Kier alpha value is -2.28. The van der Waals surface area contributed by atoms with E-state index in [1.165, 1.54) is 11.8 Å². The molecule has 3 rings (SSSR count). The van der Waals surface area contributed by atoms with Crippen LogP contribution in [-0.4, -0.2) is 29.7 Å². The molecule has 1 unspecified atom stereocenters. The number of fused-ring (bicyclic) bond motifs is 1. The minimum atomic E-state index is -0.569. The van der Waals surface area contributed by atoms with E-state index in [0.717, 1.165) is 12.0 Å². The molecule has 106 valence electrons. The maximum atomic E-state index is 11.9. The van der Waals surface area contributed by atoms with E-state index >= 15 is 0 Å². The van der Waals surface area contributed by atoms with Crippen LogP contribution in [-0.2, 0) is 11.2 Å². The second kappa shape index (κ2) is 5.01. The summed E-state index contributed by atoms with van der Waals surface area (Å²) < 4.78 is 16.8. The second-order valence-corrected chi connectivity index (χ2v) is 4.59. The summed E-state index contributed by atoms with van der Waals surface area (Å²) in [6.07, 6.45) is 0.921. The van der Waals surface area contributed by atoms with Gasteiger partial charge in [0.05, 0.1) is 0 Å². The zero-order valence-corrected chi connectivity index (χ0v) is 11.3. The quantitative estimate of drug-likeness (QED) is 0.845. The van der Waals surface area contributed by atoms with Gasteiger partial charge < -0.3 is 19.2 Å². The first-order chi connectivity index (χ1) is 9.69. The van der Waals surface area contributed by atoms with E-state index in [0.29, 0.717) is 11.4 Å². The molecule has 1 atom stereocenters.